The van der Waals surface area contributed by atoms with Crippen LogP contribution in [0, 0.1) is 5.41 Å². The van der Waals surface area contributed by atoms with Crippen molar-refractivity contribution < 1.29 is 5.11 Å². The highest BCUT2D eigenvalue weighted by Gasteiger charge is 2.36. The van der Waals surface area contributed by atoms with Gasteiger partial charge in [-0.2, -0.15) is 0 Å². The van der Waals surface area contributed by atoms with Crippen LogP contribution in [0.5, 0.6) is 0 Å². The van der Waals surface area contributed by atoms with E-state index >= 15 is 0 Å². The molecule has 1 aromatic rings. The van der Waals surface area contributed by atoms with Crippen molar-refractivity contribution in [2.45, 2.75) is 38.8 Å². The Bertz CT molecular complexity index is 301. The lowest BCUT2D eigenvalue weighted by molar-refractivity contribution is 0.0421. The fraction of sp³-hybridized carbons (Fsp3) is 0.750. The zero-order valence-corrected chi connectivity index (χ0v) is 9.89. The van der Waals surface area contributed by atoms with Gasteiger partial charge < -0.3 is 15.0 Å². The highest BCUT2D eigenvalue weighted by atomic mass is 16.3. The molecule has 0 amide bonds. The lowest BCUT2D eigenvalue weighted by atomic mass is 9.69. The summed E-state index contributed by atoms with van der Waals surface area (Å²) in [6.07, 6.45) is 9.20. The lowest BCUT2D eigenvalue weighted by Gasteiger charge is -2.41. The smallest absolute Gasteiger partial charge is 0.0946 e. The summed E-state index contributed by atoms with van der Waals surface area (Å²) in [6.45, 7) is 4.35. The molecule has 16 heavy (non-hydrogen) atoms. The van der Waals surface area contributed by atoms with Crippen molar-refractivity contribution >= 4 is 0 Å². The number of hydrogen-bond donors (Lipinski definition) is 2. The van der Waals surface area contributed by atoms with E-state index in [4.69, 9.17) is 0 Å². The zero-order valence-electron chi connectivity index (χ0n) is 9.89. The molecule has 0 radical (unpaired) electrons. The van der Waals surface area contributed by atoms with Gasteiger partial charge in [-0.1, -0.05) is 6.42 Å². The molecule has 0 bridgehead atoms. The molecule has 4 nitrogen and oxygen atoms in total. The number of hydrogen-bond acceptors (Lipinski definition) is 3. The Morgan fingerprint density at radius 1 is 1.56 bits per heavy atom. The van der Waals surface area contributed by atoms with Crippen molar-refractivity contribution in [3.8, 4) is 0 Å². The summed E-state index contributed by atoms with van der Waals surface area (Å²) in [5.74, 6) is 0. The van der Waals surface area contributed by atoms with E-state index in [2.05, 4.69) is 21.8 Å². The fourth-order valence-electron chi connectivity index (χ4n) is 2.23. The normalized spacial score (nSPS) is 20.4. The molecule has 1 aliphatic carbocycles. The van der Waals surface area contributed by atoms with Gasteiger partial charge >= 0.3 is 0 Å². The summed E-state index contributed by atoms with van der Waals surface area (Å²) in [5, 5.41) is 12.9. The molecule has 1 unspecified atom stereocenters. The molecule has 1 fully saturated rings. The first-order chi connectivity index (χ1) is 7.74. The van der Waals surface area contributed by atoms with Crippen LogP contribution in [0.3, 0.4) is 0 Å². The van der Waals surface area contributed by atoms with Crippen LogP contribution in [0.15, 0.2) is 18.7 Å². The number of rotatable bonds is 6. The minimum absolute atomic E-state index is 0.170. The first-order valence-electron chi connectivity index (χ1n) is 6.04. The van der Waals surface area contributed by atoms with Gasteiger partial charge in [0.15, 0.2) is 0 Å². The number of nitrogens with zero attached hydrogens (tertiary/aromatic N) is 2. The summed E-state index contributed by atoms with van der Waals surface area (Å²) < 4.78 is 2.07. The van der Waals surface area contributed by atoms with E-state index in [-0.39, 0.29) is 5.41 Å². The zero-order chi connectivity index (χ0) is 11.4. The van der Waals surface area contributed by atoms with Crippen LogP contribution in [0.25, 0.3) is 0 Å². The first kappa shape index (κ1) is 11.6. The van der Waals surface area contributed by atoms with Crippen molar-refractivity contribution in [2.24, 2.45) is 5.41 Å². The molecule has 2 N–H and O–H groups in total. The maximum Gasteiger partial charge on any atom is 0.0946 e. The van der Waals surface area contributed by atoms with Gasteiger partial charge in [-0.25, -0.2) is 4.98 Å². The summed E-state index contributed by atoms with van der Waals surface area (Å²) in [7, 11) is 0. The van der Waals surface area contributed by atoms with Gasteiger partial charge in [0.05, 0.1) is 6.33 Å². The van der Waals surface area contributed by atoms with Crippen molar-refractivity contribution in [1.29, 1.82) is 0 Å². The van der Waals surface area contributed by atoms with Crippen molar-refractivity contribution in [2.75, 3.05) is 13.2 Å². The Kier molecular flexibility index (Phi) is 3.61. The average molecular weight is 223 g/mol. The van der Waals surface area contributed by atoms with Crippen LogP contribution >= 0.6 is 0 Å². The molecule has 1 saturated carbocycles. The van der Waals surface area contributed by atoms with E-state index in [0.717, 1.165) is 25.9 Å². The van der Waals surface area contributed by atoms with E-state index in [9.17, 15) is 5.11 Å². The third kappa shape index (κ3) is 2.62. The van der Waals surface area contributed by atoms with Crippen LogP contribution in [-0.2, 0) is 6.54 Å². The van der Waals surface area contributed by atoms with Crippen LogP contribution < -0.4 is 5.32 Å². The fourth-order valence-corrected chi connectivity index (χ4v) is 2.23. The standard InChI is InChI=1S/C12H21N3O/c1-11(7-15-6-5-13-10-15)14-8-12(9-16)3-2-4-12/h5-6,10-11,14,16H,2-4,7-9H2,1H3. The number of aromatic nitrogens is 2. The second kappa shape index (κ2) is 4.97. The minimum atomic E-state index is 0.170. The summed E-state index contributed by atoms with van der Waals surface area (Å²) in [6, 6.07) is 0.415. The topological polar surface area (TPSA) is 50.1 Å². The Balaban J connectivity index is 1.73. The first-order valence-corrected chi connectivity index (χ1v) is 6.04. The van der Waals surface area contributed by atoms with Crippen LogP contribution in [-0.4, -0.2) is 33.9 Å². The minimum Gasteiger partial charge on any atom is -0.396 e. The summed E-state index contributed by atoms with van der Waals surface area (Å²) in [5.41, 5.74) is 0.170. The second-order valence-corrected chi connectivity index (χ2v) is 5.05. The molecule has 1 aromatic heterocycles. The highest BCUT2D eigenvalue weighted by Crippen LogP contribution is 2.39. The molecule has 90 valence electrons. The molecule has 1 aliphatic rings. The van der Waals surface area contributed by atoms with Crippen molar-refractivity contribution in [3.05, 3.63) is 18.7 Å². The van der Waals surface area contributed by atoms with Crippen molar-refractivity contribution in [3.63, 3.8) is 0 Å². The molecule has 0 saturated heterocycles. The van der Waals surface area contributed by atoms with E-state index in [1.807, 2.05) is 12.5 Å². The Morgan fingerprint density at radius 3 is 2.88 bits per heavy atom. The van der Waals surface area contributed by atoms with Gasteiger partial charge in [0.1, 0.15) is 0 Å². The Labute approximate surface area is 96.7 Å². The molecule has 2 rings (SSSR count). The Hall–Kier alpha value is -0.870. The number of aliphatic hydroxyl groups excluding tert-OH is 1. The molecule has 0 spiro atoms. The molecule has 1 atom stereocenters. The van der Waals surface area contributed by atoms with Crippen molar-refractivity contribution in [1.82, 2.24) is 14.9 Å². The molecular weight excluding hydrogens is 202 g/mol. The molecule has 0 aromatic carbocycles. The third-order valence-electron chi connectivity index (χ3n) is 3.62. The van der Waals surface area contributed by atoms with Gasteiger partial charge in [0.2, 0.25) is 0 Å². The number of aliphatic hydroxyl groups is 1. The van der Waals surface area contributed by atoms with Crippen LogP contribution in [0.2, 0.25) is 0 Å². The second-order valence-electron chi connectivity index (χ2n) is 5.05. The van der Waals surface area contributed by atoms with Crippen LogP contribution in [0.1, 0.15) is 26.2 Å². The van der Waals surface area contributed by atoms with Gasteiger partial charge in [0, 0.05) is 43.5 Å². The third-order valence-corrected chi connectivity index (χ3v) is 3.62. The maximum atomic E-state index is 9.35. The van der Waals surface area contributed by atoms with Gasteiger partial charge in [0.25, 0.3) is 0 Å². The van der Waals surface area contributed by atoms with Gasteiger partial charge in [-0.05, 0) is 19.8 Å². The average Bonchev–Trinajstić information content (AvgIpc) is 2.69. The highest BCUT2D eigenvalue weighted by molar-refractivity contribution is 4.89. The quantitative estimate of drug-likeness (QED) is 0.757. The molecule has 1 heterocycles. The molecule has 0 aliphatic heterocycles. The van der Waals surface area contributed by atoms with Crippen LogP contribution in [0.4, 0.5) is 0 Å². The maximum absolute atomic E-state index is 9.35. The molecule has 4 heteroatoms. The summed E-state index contributed by atoms with van der Waals surface area (Å²) in [4.78, 5) is 4.02. The van der Waals surface area contributed by atoms with Gasteiger partial charge in [-0.3, -0.25) is 0 Å². The Morgan fingerprint density at radius 2 is 2.38 bits per heavy atom. The lowest BCUT2D eigenvalue weighted by Crippen LogP contribution is -2.46. The predicted octanol–water partition coefficient (Wildman–Crippen LogP) is 1.02. The number of nitrogens with one attached hydrogen (secondary N) is 1. The summed E-state index contributed by atoms with van der Waals surface area (Å²) >= 11 is 0. The van der Waals surface area contributed by atoms with E-state index in [1.54, 1.807) is 6.20 Å². The van der Waals surface area contributed by atoms with E-state index in [0.29, 0.717) is 12.6 Å². The predicted molar refractivity (Wildman–Crippen MR) is 63.1 cm³/mol. The number of imidazole rings is 1. The SMILES string of the molecule is CC(Cn1ccnc1)NCC1(CO)CCC1. The largest absolute Gasteiger partial charge is 0.396 e. The van der Waals surface area contributed by atoms with Gasteiger partial charge in [-0.15, -0.1) is 0 Å². The van der Waals surface area contributed by atoms with E-state index in [1.165, 1.54) is 6.42 Å². The van der Waals surface area contributed by atoms with E-state index < -0.39 is 0 Å². The monoisotopic (exact) mass is 223 g/mol. The molecular formula is C12H21N3O.